The summed E-state index contributed by atoms with van der Waals surface area (Å²) in [7, 11) is 1.47. The van der Waals surface area contributed by atoms with E-state index in [-0.39, 0.29) is 24.2 Å². The van der Waals surface area contributed by atoms with Crippen molar-refractivity contribution in [3.05, 3.63) is 36.0 Å². The van der Waals surface area contributed by atoms with Gasteiger partial charge in [-0.2, -0.15) is 0 Å². The fourth-order valence-corrected chi connectivity index (χ4v) is 4.96. The molecule has 1 saturated carbocycles. The highest BCUT2D eigenvalue weighted by Crippen LogP contribution is 2.26. The van der Waals surface area contributed by atoms with Gasteiger partial charge in [-0.05, 0) is 56.1 Å². The summed E-state index contributed by atoms with van der Waals surface area (Å²) in [6.07, 6.45) is 2.47. The zero-order chi connectivity index (χ0) is 28.5. The third-order valence-corrected chi connectivity index (χ3v) is 7.24. The fraction of sp³-hybridized carbons (Fsp3) is 0.621. The second-order valence-corrected chi connectivity index (χ2v) is 10.9. The summed E-state index contributed by atoms with van der Waals surface area (Å²) in [5, 5.41) is 28.0. The maximum absolute atomic E-state index is 13.2. The number of carbonyl (C=O) groups is 2. The van der Waals surface area contributed by atoms with E-state index in [2.05, 4.69) is 22.4 Å². The second kappa shape index (κ2) is 14.4. The summed E-state index contributed by atoms with van der Waals surface area (Å²) >= 11 is 0. The van der Waals surface area contributed by atoms with Crippen LogP contribution in [-0.2, 0) is 30.3 Å². The van der Waals surface area contributed by atoms with Crippen molar-refractivity contribution in [3.63, 3.8) is 0 Å². The van der Waals surface area contributed by atoms with Gasteiger partial charge in [0.2, 0.25) is 0 Å². The Morgan fingerprint density at radius 1 is 1.13 bits per heavy atom. The molecule has 1 aromatic carbocycles. The normalized spacial score (nSPS) is 21.3. The van der Waals surface area contributed by atoms with Crippen molar-refractivity contribution in [1.29, 1.82) is 0 Å². The minimum Gasteiger partial charge on any atom is -0.461 e. The van der Waals surface area contributed by atoms with Crippen LogP contribution in [0.3, 0.4) is 0 Å². The average molecular weight is 546 g/mol. The number of aliphatic hydroxyl groups is 2. The standard InChI is InChI=1S/C29H43N3O7/c1-17(2)28(37-5)26(27(35)19(4)33)32-38-16-25(34)31-24(29(36)39-21-12-10-18(3)11-13-21)14-20-15-30-23-9-7-6-8-22(20)23/h6-9,15,17-19,21,24,27-28,30,33,35H,10-14,16H2,1-5H3,(H,31,34)/b32-26+/t18-,19-,21-,24+,27+,28+/m1/s1. The third-order valence-electron chi connectivity index (χ3n) is 7.24. The Morgan fingerprint density at radius 3 is 2.46 bits per heavy atom. The number of oxime groups is 1. The van der Waals surface area contributed by atoms with E-state index >= 15 is 0 Å². The average Bonchev–Trinajstić information content (AvgIpc) is 3.31. The van der Waals surface area contributed by atoms with Gasteiger partial charge in [-0.15, -0.1) is 0 Å². The Balaban J connectivity index is 1.72. The van der Waals surface area contributed by atoms with Gasteiger partial charge in [-0.1, -0.05) is 44.1 Å². The van der Waals surface area contributed by atoms with E-state index < -0.39 is 42.8 Å². The predicted molar refractivity (Wildman–Crippen MR) is 148 cm³/mol. The van der Waals surface area contributed by atoms with Crippen LogP contribution >= 0.6 is 0 Å². The number of nitrogens with one attached hydrogen (secondary N) is 2. The Bertz CT molecular complexity index is 1110. The number of amides is 1. The molecular formula is C29H43N3O7. The Hall–Kier alpha value is -2.95. The summed E-state index contributed by atoms with van der Waals surface area (Å²) in [5.41, 5.74) is 1.90. The van der Waals surface area contributed by atoms with Crippen LogP contribution in [0.15, 0.2) is 35.6 Å². The first kappa shape index (κ1) is 30.6. The third kappa shape index (κ3) is 8.52. The lowest BCUT2D eigenvalue weighted by molar-refractivity contribution is -0.155. The second-order valence-electron chi connectivity index (χ2n) is 10.9. The lowest BCUT2D eigenvalue weighted by Crippen LogP contribution is -2.46. The lowest BCUT2D eigenvalue weighted by atomic mass is 9.89. The number of aromatic nitrogens is 1. The zero-order valence-corrected chi connectivity index (χ0v) is 23.6. The van der Waals surface area contributed by atoms with Crippen molar-refractivity contribution in [2.45, 2.75) is 90.3 Å². The van der Waals surface area contributed by atoms with Gasteiger partial charge in [-0.25, -0.2) is 4.79 Å². The number of benzene rings is 1. The first-order valence-electron chi connectivity index (χ1n) is 13.7. The number of esters is 1. The Morgan fingerprint density at radius 2 is 1.82 bits per heavy atom. The largest absolute Gasteiger partial charge is 0.461 e. The molecule has 10 nitrogen and oxygen atoms in total. The Labute approximate surface area is 230 Å². The molecule has 1 aliphatic rings. The van der Waals surface area contributed by atoms with Gasteiger partial charge in [0.1, 0.15) is 30.1 Å². The maximum atomic E-state index is 13.2. The van der Waals surface area contributed by atoms with E-state index in [0.29, 0.717) is 5.92 Å². The number of aromatic amines is 1. The van der Waals surface area contributed by atoms with Gasteiger partial charge in [0, 0.05) is 30.6 Å². The molecule has 2 aromatic rings. The number of hydrogen-bond acceptors (Lipinski definition) is 8. The van der Waals surface area contributed by atoms with Crippen molar-refractivity contribution in [2.24, 2.45) is 17.0 Å². The van der Waals surface area contributed by atoms with Gasteiger partial charge < -0.3 is 34.8 Å². The molecule has 0 radical (unpaired) electrons. The lowest BCUT2D eigenvalue weighted by Gasteiger charge is -2.28. The van der Waals surface area contributed by atoms with Crippen LogP contribution in [0.2, 0.25) is 0 Å². The van der Waals surface area contributed by atoms with Crippen molar-refractivity contribution in [1.82, 2.24) is 10.3 Å². The summed E-state index contributed by atoms with van der Waals surface area (Å²) in [6.45, 7) is 6.87. The number of carbonyl (C=O) groups excluding carboxylic acids is 2. The molecule has 4 N–H and O–H groups in total. The van der Waals surface area contributed by atoms with Crippen molar-refractivity contribution < 1.29 is 34.1 Å². The number of methoxy groups -OCH3 is 1. The number of ether oxygens (including phenoxy) is 2. The van der Waals surface area contributed by atoms with Crippen molar-refractivity contribution in [3.8, 4) is 0 Å². The van der Waals surface area contributed by atoms with Crippen molar-refractivity contribution >= 4 is 28.5 Å². The number of para-hydroxylation sites is 1. The van der Waals surface area contributed by atoms with E-state index in [1.54, 1.807) is 0 Å². The molecule has 0 bridgehead atoms. The van der Waals surface area contributed by atoms with E-state index in [0.717, 1.165) is 42.1 Å². The van der Waals surface area contributed by atoms with Gasteiger partial charge >= 0.3 is 5.97 Å². The molecule has 3 rings (SSSR count). The highest BCUT2D eigenvalue weighted by molar-refractivity contribution is 5.93. The summed E-state index contributed by atoms with van der Waals surface area (Å²) in [6, 6.07) is 6.83. The number of aliphatic hydroxyl groups excluding tert-OH is 2. The first-order valence-corrected chi connectivity index (χ1v) is 13.7. The molecule has 1 aliphatic carbocycles. The van der Waals surface area contributed by atoms with Crippen molar-refractivity contribution in [2.75, 3.05) is 13.7 Å². The van der Waals surface area contributed by atoms with Crippen LogP contribution in [0.25, 0.3) is 10.9 Å². The summed E-state index contributed by atoms with van der Waals surface area (Å²) in [5.74, 6) is -0.508. The predicted octanol–water partition coefficient (Wildman–Crippen LogP) is 3.10. The topological polar surface area (TPSA) is 142 Å². The number of fused-ring (bicyclic) bond motifs is 1. The quantitative estimate of drug-likeness (QED) is 0.172. The van der Waals surface area contributed by atoms with Crippen LogP contribution in [0, 0.1) is 11.8 Å². The number of nitrogens with zero attached hydrogens (tertiary/aromatic N) is 1. The van der Waals surface area contributed by atoms with Gasteiger partial charge in [0.05, 0.1) is 6.10 Å². The van der Waals surface area contributed by atoms with Crippen LogP contribution in [-0.4, -0.2) is 77.0 Å². The molecule has 0 saturated heterocycles. The number of rotatable bonds is 13. The molecule has 1 heterocycles. The molecule has 0 aliphatic heterocycles. The van der Waals surface area contributed by atoms with E-state index in [9.17, 15) is 19.8 Å². The molecule has 1 amide bonds. The van der Waals surface area contributed by atoms with E-state index in [1.807, 2.05) is 44.3 Å². The molecule has 1 fully saturated rings. The highest BCUT2D eigenvalue weighted by atomic mass is 16.6. The summed E-state index contributed by atoms with van der Waals surface area (Å²) in [4.78, 5) is 34.6. The smallest absolute Gasteiger partial charge is 0.329 e. The van der Waals surface area contributed by atoms with Crippen LogP contribution in [0.5, 0.6) is 0 Å². The molecule has 39 heavy (non-hydrogen) atoms. The molecule has 0 spiro atoms. The van der Waals surface area contributed by atoms with Crippen LogP contribution < -0.4 is 5.32 Å². The monoisotopic (exact) mass is 545 g/mol. The van der Waals surface area contributed by atoms with Gasteiger partial charge in [-0.3, -0.25) is 4.79 Å². The minimum atomic E-state index is -1.33. The molecule has 4 atom stereocenters. The Kier molecular flexibility index (Phi) is 11.3. The molecular weight excluding hydrogens is 502 g/mol. The molecule has 1 aromatic heterocycles. The first-order chi connectivity index (χ1) is 18.6. The zero-order valence-electron chi connectivity index (χ0n) is 23.6. The number of H-pyrrole nitrogens is 1. The van der Waals surface area contributed by atoms with Gasteiger partial charge in [0.25, 0.3) is 5.91 Å². The minimum absolute atomic E-state index is 0.0716. The van der Waals surface area contributed by atoms with E-state index in [1.165, 1.54) is 14.0 Å². The molecule has 216 valence electrons. The van der Waals surface area contributed by atoms with Crippen LogP contribution in [0.4, 0.5) is 0 Å². The highest BCUT2D eigenvalue weighted by Gasteiger charge is 2.31. The van der Waals surface area contributed by atoms with E-state index in [4.69, 9.17) is 14.3 Å². The summed E-state index contributed by atoms with van der Waals surface area (Å²) < 4.78 is 11.3. The molecule has 10 heteroatoms. The number of hydrogen-bond donors (Lipinski definition) is 4. The molecule has 0 unspecified atom stereocenters. The van der Waals surface area contributed by atoms with Crippen LogP contribution in [0.1, 0.15) is 58.9 Å². The fourth-order valence-electron chi connectivity index (χ4n) is 4.96. The maximum Gasteiger partial charge on any atom is 0.329 e. The SMILES string of the molecule is CO[C@H](/C(=N/OCC(=O)N[C@@H](Cc1c[nH]c2ccccc12)C(=O)O[C@H]1CC[C@H](C)CC1)[C@@H](O)[C@@H](C)O)C(C)C. The van der Waals surface area contributed by atoms with Gasteiger partial charge in [0.15, 0.2) is 6.61 Å².